The summed E-state index contributed by atoms with van der Waals surface area (Å²) < 4.78 is 4.96. The van der Waals surface area contributed by atoms with Crippen LogP contribution < -0.4 is 10.6 Å². The van der Waals surface area contributed by atoms with Gasteiger partial charge in [0.05, 0.1) is 17.2 Å². The maximum Gasteiger partial charge on any atom is 0.339 e. The smallest absolute Gasteiger partial charge is 0.339 e. The zero-order chi connectivity index (χ0) is 17.5. The first-order chi connectivity index (χ1) is 11.5. The molecule has 130 valence electrons. The summed E-state index contributed by atoms with van der Waals surface area (Å²) >= 11 is 11.2. The van der Waals surface area contributed by atoms with E-state index in [0.717, 1.165) is 13.0 Å². The molecule has 0 bridgehead atoms. The minimum atomic E-state index is -0.474. The van der Waals surface area contributed by atoms with E-state index < -0.39 is 5.97 Å². The Balaban J connectivity index is 1.86. The summed E-state index contributed by atoms with van der Waals surface area (Å²) in [7, 11) is 0. The van der Waals surface area contributed by atoms with Gasteiger partial charge in [-0.05, 0) is 43.8 Å². The summed E-state index contributed by atoms with van der Waals surface area (Å²) in [6, 6.07) is 4.93. The van der Waals surface area contributed by atoms with Gasteiger partial charge in [0.1, 0.15) is 0 Å². The molecule has 0 unspecified atom stereocenters. The first kappa shape index (κ1) is 18.5. The van der Waals surface area contributed by atoms with Crippen LogP contribution in [0, 0.1) is 0 Å². The second kappa shape index (κ2) is 8.84. The number of ether oxygens (including phenoxy) is 1. The van der Waals surface area contributed by atoms with E-state index in [0.29, 0.717) is 35.3 Å². The van der Waals surface area contributed by atoms with E-state index in [9.17, 15) is 9.59 Å². The molecule has 1 aromatic rings. The number of anilines is 1. The van der Waals surface area contributed by atoms with Gasteiger partial charge in [0, 0.05) is 31.7 Å². The van der Waals surface area contributed by atoms with Crippen LogP contribution in [0.25, 0.3) is 0 Å². The molecular weight excluding hydrogens is 350 g/mol. The maximum absolute atomic E-state index is 11.8. The Bertz CT molecular complexity index is 639. The molecule has 1 heterocycles. The van der Waals surface area contributed by atoms with Crippen molar-refractivity contribution in [2.45, 2.75) is 19.8 Å². The number of amides is 1. The van der Waals surface area contributed by atoms with Crippen molar-refractivity contribution in [1.29, 1.82) is 0 Å². The lowest BCUT2D eigenvalue weighted by molar-refractivity contribution is -0.127. The number of thiocarbonyl (C=S) groups is 1. The molecule has 1 aliphatic rings. The van der Waals surface area contributed by atoms with Gasteiger partial charge in [-0.25, -0.2) is 4.79 Å². The SMILES string of the molecule is CCOC(=O)c1cc(NC(=S)NCCN2CCCC2=O)ccc1Cl. The minimum Gasteiger partial charge on any atom is -0.462 e. The number of carbonyl (C=O) groups is 2. The van der Waals surface area contributed by atoms with Gasteiger partial charge < -0.3 is 20.3 Å². The van der Waals surface area contributed by atoms with Gasteiger partial charge in [-0.1, -0.05) is 11.6 Å². The summed E-state index contributed by atoms with van der Waals surface area (Å²) in [5.41, 5.74) is 0.922. The summed E-state index contributed by atoms with van der Waals surface area (Å²) in [6.07, 6.45) is 1.55. The second-order valence-corrected chi connectivity index (χ2v) is 6.10. The third-order valence-electron chi connectivity index (χ3n) is 3.56. The second-order valence-electron chi connectivity index (χ2n) is 5.28. The van der Waals surface area contributed by atoms with Gasteiger partial charge in [-0.3, -0.25) is 4.79 Å². The monoisotopic (exact) mass is 369 g/mol. The fourth-order valence-corrected chi connectivity index (χ4v) is 2.80. The molecule has 2 N–H and O–H groups in total. The Morgan fingerprint density at radius 1 is 1.46 bits per heavy atom. The number of nitrogens with one attached hydrogen (secondary N) is 2. The van der Waals surface area contributed by atoms with E-state index in [2.05, 4.69) is 10.6 Å². The van der Waals surface area contributed by atoms with Crippen molar-refractivity contribution in [3.8, 4) is 0 Å². The Labute approximate surface area is 151 Å². The summed E-state index contributed by atoms with van der Waals surface area (Å²) in [5, 5.41) is 6.78. The molecule has 1 saturated heterocycles. The molecular formula is C16H20ClN3O3S. The van der Waals surface area contributed by atoms with E-state index in [1.54, 1.807) is 25.1 Å². The van der Waals surface area contributed by atoms with Crippen molar-refractivity contribution in [3.63, 3.8) is 0 Å². The van der Waals surface area contributed by atoms with E-state index in [4.69, 9.17) is 28.6 Å². The Morgan fingerprint density at radius 2 is 2.25 bits per heavy atom. The molecule has 0 saturated carbocycles. The van der Waals surface area contributed by atoms with Crippen LogP contribution in [0.2, 0.25) is 5.02 Å². The van der Waals surface area contributed by atoms with E-state index in [1.807, 2.05) is 4.90 Å². The van der Waals surface area contributed by atoms with Crippen molar-refractivity contribution in [1.82, 2.24) is 10.2 Å². The van der Waals surface area contributed by atoms with E-state index >= 15 is 0 Å². The van der Waals surface area contributed by atoms with Crippen molar-refractivity contribution < 1.29 is 14.3 Å². The number of nitrogens with zero attached hydrogens (tertiary/aromatic N) is 1. The highest BCUT2D eigenvalue weighted by atomic mass is 35.5. The van der Waals surface area contributed by atoms with E-state index in [1.165, 1.54) is 0 Å². The number of benzene rings is 1. The normalized spacial score (nSPS) is 13.8. The Kier molecular flexibility index (Phi) is 6.81. The summed E-state index contributed by atoms with van der Waals surface area (Å²) in [4.78, 5) is 25.2. The van der Waals surface area contributed by atoms with Gasteiger partial charge in [0.15, 0.2) is 5.11 Å². The number of hydrogen-bond donors (Lipinski definition) is 2. The lowest BCUT2D eigenvalue weighted by atomic mass is 10.2. The molecule has 1 aliphatic heterocycles. The number of likely N-dealkylation sites (tertiary alicyclic amines) is 1. The fourth-order valence-electron chi connectivity index (χ4n) is 2.39. The molecule has 0 spiro atoms. The molecule has 0 atom stereocenters. The molecule has 0 aromatic heterocycles. The number of halogens is 1. The van der Waals surface area contributed by atoms with Crippen LogP contribution in [0.5, 0.6) is 0 Å². The third-order valence-corrected chi connectivity index (χ3v) is 4.13. The highest BCUT2D eigenvalue weighted by Crippen LogP contribution is 2.21. The predicted molar refractivity (Wildman–Crippen MR) is 97.4 cm³/mol. The summed E-state index contributed by atoms with van der Waals surface area (Å²) in [6.45, 7) is 4.01. The molecule has 2 rings (SSSR count). The van der Waals surface area contributed by atoms with Crippen LogP contribution in [0.15, 0.2) is 18.2 Å². The quantitative estimate of drug-likeness (QED) is 0.592. The zero-order valence-corrected chi connectivity index (χ0v) is 15.0. The Morgan fingerprint density at radius 3 is 2.92 bits per heavy atom. The molecule has 0 aliphatic carbocycles. The Hall–Kier alpha value is -1.86. The number of esters is 1. The largest absolute Gasteiger partial charge is 0.462 e. The van der Waals surface area contributed by atoms with Crippen molar-refractivity contribution in [2.24, 2.45) is 0 Å². The van der Waals surface area contributed by atoms with Gasteiger partial charge >= 0.3 is 5.97 Å². The highest BCUT2D eigenvalue weighted by Gasteiger charge is 2.19. The predicted octanol–water partition coefficient (Wildman–Crippen LogP) is 2.43. The first-order valence-corrected chi connectivity index (χ1v) is 8.59. The summed E-state index contributed by atoms with van der Waals surface area (Å²) in [5.74, 6) is -0.287. The molecule has 1 fully saturated rings. The number of hydrogen-bond acceptors (Lipinski definition) is 4. The molecule has 8 heteroatoms. The lowest BCUT2D eigenvalue weighted by Crippen LogP contribution is -2.37. The van der Waals surface area contributed by atoms with Gasteiger partial charge in [-0.15, -0.1) is 0 Å². The van der Waals surface area contributed by atoms with Crippen LogP contribution in [-0.2, 0) is 9.53 Å². The highest BCUT2D eigenvalue weighted by molar-refractivity contribution is 7.80. The zero-order valence-electron chi connectivity index (χ0n) is 13.4. The lowest BCUT2D eigenvalue weighted by Gasteiger charge is -2.17. The number of carbonyl (C=O) groups excluding carboxylic acids is 2. The van der Waals surface area contributed by atoms with Crippen LogP contribution in [-0.4, -0.2) is 48.1 Å². The standard InChI is InChI=1S/C16H20ClN3O3S/c1-2-23-15(22)12-10-11(5-6-13(12)17)19-16(24)18-7-9-20-8-3-4-14(20)21/h5-6,10H,2-4,7-9H2,1H3,(H2,18,19,24). The van der Waals surface area contributed by atoms with Gasteiger partial charge in [0.2, 0.25) is 5.91 Å². The maximum atomic E-state index is 11.8. The molecule has 24 heavy (non-hydrogen) atoms. The molecule has 1 aromatic carbocycles. The van der Waals surface area contributed by atoms with Crippen LogP contribution in [0.3, 0.4) is 0 Å². The molecule has 6 nitrogen and oxygen atoms in total. The van der Waals surface area contributed by atoms with Crippen molar-refractivity contribution in [2.75, 3.05) is 31.6 Å². The average Bonchev–Trinajstić information content (AvgIpc) is 2.95. The van der Waals surface area contributed by atoms with Crippen molar-refractivity contribution >= 4 is 46.5 Å². The van der Waals surface area contributed by atoms with E-state index in [-0.39, 0.29) is 18.1 Å². The number of rotatable bonds is 6. The average molecular weight is 370 g/mol. The van der Waals surface area contributed by atoms with Crippen molar-refractivity contribution in [3.05, 3.63) is 28.8 Å². The van der Waals surface area contributed by atoms with Crippen LogP contribution in [0.1, 0.15) is 30.1 Å². The fraction of sp³-hybridized carbons (Fsp3) is 0.438. The van der Waals surface area contributed by atoms with Gasteiger partial charge in [-0.2, -0.15) is 0 Å². The third kappa shape index (κ3) is 5.07. The first-order valence-electron chi connectivity index (χ1n) is 7.80. The van der Waals surface area contributed by atoms with Crippen LogP contribution >= 0.6 is 23.8 Å². The topological polar surface area (TPSA) is 70.7 Å². The minimum absolute atomic E-state index is 0.187. The van der Waals surface area contributed by atoms with Crippen LogP contribution in [0.4, 0.5) is 5.69 Å². The molecule has 1 amide bonds. The van der Waals surface area contributed by atoms with Gasteiger partial charge in [0.25, 0.3) is 0 Å². The molecule has 0 radical (unpaired) electrons.